The number of aromatic hydroxyl groups is 2. The van der Waals surface area contributed by atoms with Gasteiger partial charge in [-0.2, -0.15) is 0 Å². The summed E-state index contributed by atoms with van der Waals surface area (Å²) in [6, 6.07) is 12.5. The van der Waals surface area contributed by atoms with E-state index >= 15 is 0 Å². The second kappa shape index (κ2) is 6.47. The Morgan fingerprint density at radius 2 is 1.30 bits per heavy atom. The highest BCUT2D eigenvalue weighted by Crippen LogP contribution is 2.31. The molecule has 0 saturated heterocycles. The van der Waals surface area contributed by atoms with Crippen molar-refractivity contribution in [3.8, 4) is 11.5 Å². The van der Waals surface area contributed by atoms with Crippen molar-refractivity contribution in [2.45, 2.75) is 40.0 Å². The first-order chi connectivity index (χ1) is 9.23. The molecule has 20 heavy (non-hydrogen) atoms. The monoisotopic (exact) mass is 272 g/mol. The molecule has 2 heteroatoms. The Hall–Kier alpha value is -1.96. The normalized spacial score (nSPS) is 10.7. The molecule has 2 rings (SSSR count). The standard InChI is InChI=1S/C12H18O.C6H6O/c1-8-9(2)11(13)7-6-10(8)12(3,4)5;7-6-4-2-1-3-5-6/h6-7,13H,1-5H3;1-5,7H. The van der Waals surface area contributed by atoms with E-state index in [1.807, 2.05) is 19.1 Å². The molecule has 0 aromatic heterocycles. The maximum absolute atomic E-state index is 9.49. The highest BCUT2D eigenvalue weighted by molar-refractivity contribution is 5.45. The molecule has 0 atom stereocenters. The van der Waals surface area contributed by atoms with E-state index in [0.29, 0.717) is 11.5 Å². The van der Waals surface area contributed by atoms with Gasteiger partial charge in [-0.25, -0.2) is 0 Å². The molecule has 2 N–H and O–H groups in total. The lowest BCUT2D eigenvalue weighted by molar-refractivity contribution is 0.468. The number of hydrogen-bond donors (Lipinski definition) is 2. The number of phenolic OH excluding ortho intramolecular Hbond substituents is 2. The average molecular weight is 272 g/mol. The fourth-order valence-electron chi connectivity index (χ4n) is 2.05. The van der Waals surface area contributed by atoms with Crippen LogP contribution in [0.3, 0.4) is 0 Å². The molecule has 0 radical (unpaired) electrons. The minimum Gasteiger partial charge on any atom is -0.508 e. The van der Waals surface area contributed by atoms with Crippen molar-refractivity contribution < 1.29 is 10.2 Å². The summed E-state index contributed by atoms with van der Waals surface area (Å²) in [6.45, 7) is 10.6. The number of hydrogen-bond acceptors (Lipinski definition) is 2. The fourth-order valence-corrected chi connectivity index (χ4v) is 2.05. The van der Waals surface area contributed by atoms with Crippen LogP contribution in [0.1, 0.15) is 37.5 Å². The summed E-state index contributed by atoms with van der Waals surface area (Å²) in [4.78, 5) is 0. The van der Waals surface area contributed by atoms with Gasteiger partial charge in [0.1, 0.15) is 11.5 Å². The van der Waals surface area contributed by atoms with Gasteiger partial charge in [0.2, 0.25) is 0 Å². The van der Waals surface area contributed by atoms with Crippen molar-refractivity contribution in [2.75, 3.05) is 0 Å². The van der Waals surface area contributed by atoms with Gasteiger partial charge in [0.15, 0.2) is 0 Å². The lowest BCUT2D eigenvalue weighted by Gasteiger charge is -2.23. The zero-order chi connectivity index (χ0) is 15.3. The second-order valence-electron chi connectivity index (χ2n) is 5.97. The Bertz CT molecular complexity index is 552. The van der Waals surface area contributed by atoms with Crippen molar-refractivity contribution >= 4 is 0 Å². The van der Waals surface area contributed by atoms with Gasteiger partial charge in [0.05, 0.1) is 0 Å². The van der Waals surface area contributed by atoms with Crippen molar-refractivity contribution in [3.05, 3.63) is 59.2 Å². The van der Waals surface area contributed by atoms with Gasteiger partial charge in [-0.1, -0.05) is 45.0 Å². The maximum atomic E-state index is 9.49. The number of para-hydroxylation sites is 1. The summed E-state index contributed by atoms with van der Waals surface area (Å²) in [5.74, 6) is 0.716. The predicted molar refractivity (Wildman–Crippen MR) is 84.4 cm³/mol. The van der Waals surface area contributed by atoms with Crippen LogP contribution in [-0.2, 0) is 5.41 Å². The molecule has 108 valence electrons. The van der Waals surface area contributed by atoms with Gasteiger partial charge < -0.3 is 10.2 Å². The van der Waals surface area contributed by atoms with E-state index < -0.39 is 0 Å². The van der Waals surface area contributed by atoms with Crippen LogP contribution in [0.15, 0.2) is 42.5 Å². The molecule has 0 bridgehead atoms. The van der Waals surface area contributed by atoms with E-state index in [1.54, 1.807) is 30.3 Å². The molecule has 2 nitrogen and oxygen atoms in total. The molecular formula is C18H24O2. The number of benzene rings is 2. The van der Waals surface area contributed by atoms with E-state index in [9.17, 15) is 5.11 Å². The second-order valence-corrected chi connectivity index (χ2v) is 5.97. The third-order valence-electron chi connectivity index (χ3n) is 3.32. The summed E-state index contributed by atoms with van der Waals surface area (Å²) in [6.07, 6.45) is 0. The molecule has 0 aliphatic rings. The summed E-state index contributed by atoms with van der Waals surface area (Å²) in [7, 11) is 0. The first-order valence-corrected chi connectivity index (χ1v) is 6.77. The third kappa shape index (κ3) is 4.30. The lowest BCUT2D eigenvalue weighted by Crippen LogP contribution is -2.13. The van der Waals surface area contributed by atoms with Crippen LogP contribution < -0.4 is 0 Å². The van der Waals surface area contributed by atoms with Gasteiger partial charge in [-0.3, -0.25) is 0 Å². The summed E-state index contributed by atoms with van der Waals surface area (Å²) in [5, 5.41) is 18.1. The van der Waals surface area contributed by atoms with Crippen LogP contribution in [0.2, 0.25) is 0 Å². The van der Waals surface area contributed by atoms with Gasteiger partial charge >= 0.3 is 0 Å². The first-order valence-electron chi connectivity index (χ1n) is 6.77. The van der Waals surface area contributed by atoms with Crippen LogP contribution >= 0.6 is 0 Å². The number of rotatable bonds is 0. The van der Waals surface area contributed by atoms with Crippen molar-refractivity contribution in [1.82, 2.24) is 0 Å². The molecule has 0 heterocycles. The molecule has 0 aliphatic heterocycles. The first kappa shape index (κ1) is 16.1. The zero-order valence-electron chi connectivity index (χ0n) is 12.9. The van der Waals surface area contributed by atoms with Crippen LogP contribution in [0.4, 0.5) is 0 Å². The van der Waals surface area contributed by atoms with Crippen LogP contribution in [0.5, 0.6) is 11.5 Å². The SMILES string of the molecule is Cc1c(O)ccc(C(C)(C)C)c1C.Oc1ccccc1. The smallest absolute Gasteiger partial charge is 0.118 e. The molecule has 2 aromatic carbocycles. The summed E-state index contributed by atoms with van der Waals surface area (Å²) in [5.41, 5.74) is 3.66. The van der Waals surface area contributed by atoms with Gasteiger partial charge in [0, 0.05) is 0 Å². The van der Waals surface area contributed by atoms with E-state index in [0.717, 1.165) is 5.56 Å². The predicted octanol–water partition coefficient (Wildman–Crippen LogP) is 4.70. The fraction of sp³-hybridized carbons (Fsp3) is 0.333. The summed E-state index contributed by atoms with van der Waals surface area (Å²) < 4.78 is 0. The Kier molecular flexibility index (Phi) is 5.20. The van der Waals surface area contributed by atoms with Crippen LogP contribution in [0.25, 0.3) is 0 Å². The van der Waals surface area contributed by atoms with Crippen LogP contribution in [-0.4, -0.2) is 10.2 Å². The minimum atomic E-state index is 0.155. The molecule has 0 unspecified atom stereocenters. The van der Waals surface area contributed by atoms with E-state index in [4.69, 9.17) is 5.11 Å². The Morgan fingerprint density at radius 3 is 1.70 bits per heavy atom. The lowest BCUT2D eigenvalue weighted by atomic mass is 9.82. The highest BCUT2D eigenvalue weighted by Gasteiger charge is 2.17. The van der Waals surface area contributed by atoms with Gasteiger partial charge in [-0.15, -0.1) is 0 Å². The molecule has 0 amide bonds. The molecule has 0 aliphatic carbocycles. The zero-order valence-corrected chi connectivity index (χ0v) is 12.9. The third-order valence-corrected chi connectivity index (χ3v) is 3.32. The van der Waals surface area contributed by atoms with E-state index in [2.05, 4.69) is 27.7 Å². The molecule has 0 fully saturated rings. The quantitative estimate of drug-likeness (QED) is 0.730. The van der Waals surface area contributed by atoms with Crippen molar-refractivity contribution in [3.63, 3.8) is 0 Å². The van der Waals surface area contributed by atoms with E-state index in [1.165, 1.54) is 11.1 Å². The molecule has 0 spiro atoms. The van der Waals surface area contributed by atoms with Gasteiger partial charge in [-0.05, 0) is 54.2 Å². The summed E-state index contributed by atoms with van der Waals surface area (Å²) >= 11 is 0. The Labute approximate surface area is 121 Å². The Morgan fingerprint density at radius 1 is 0.750 bits per heavy atom. The van der Waals surface area contributed by atoms with E-state index in [-0.39, 0.29) is 5.41 Å². The largest absolute Gasteiger partial charge is 0.508 e. The molecular weight excluding hydrogens is 248 g/mol. The topological polar surface area (TPSA) is 40.5 Å². The van der Waals surface area contributed by atoms with Crippen molar-refractivity contribution in [1.29, 1.82) is 0 Å². The molecule has 0 saturated carbocycles. The highest BCUT2D eigenvalue weighted by atomic mass is 16.3. The molecule has 2 aromatic rings. The van der Waals surface area contributed by atoms with Crippen molar-refractivity contribution in [2.24, 2.45) is 0 Å². The Balaban J connectivity index is 0.000000240. The number of phenols is 2. The van der Waals surface area contributed by atoms with Gasteiger partial charge in [0.25, 0.3) is 0 Å². The minimum absolute atomic E-state index is 0.155. The maximum Gasteiger partial charge on any atom is 0.118 e. The average Bonchev–Trinajstić information content (AvgIpc) is 2.36. The van der Waals surface area contributed by atoms with Crippen LogP contribution in [0, 0.1) is 13.8 Å².